The predicted octanol–water partition coefficient (Wildman–Crippen LogP) is 1.99. The van der Waals surface area contributed by atoms with Crippen LogP contribution in [0.2, 0.25) is 0 Å². The van der Waals surface area contributed by atoms with Crippen LogP contribution in [0.25, 0.3) is 11.3 Å². The van der Waals surface area contributed by atoms with E-state index in [0.717, 1.165) is 34.3 Å². The van der Waals surface area contributed by atoms with E-state index in [1.165, 1.54) is 0 Å². The molecular weight excluding hydrogens is 272 g/mol. The Morgan fingerprint density at radius 1 is 1.40 bits per heavy atom. The number of hydrogen-bond donors (Lipinski definition) is 3. The van der Waals surface area contributed by atoms with Crippen LogP contribution in [-0.2, 0) is 4.79 Å². The largest absolute Gasteiger partial charge is 0.325 e. The Morgan fingerprint density at radius 2 is 2.20 bits per heavy atom. The van der Waals surface area contributed by atoms with Gasteiger partial charge in [-0.2, -0.15) is 5.10 Å². The molecule has 0 aliphatic carbocycles. The summed E-state index contributed by atoms with van der Waals surface area (Å²) in [5, 5.41) is 13.2. The van der Waals surface area contributed by atoms with Gasteiger partial charge in [0.1, 0.15) is 0 Å². The molecule has 2 aromatic rings. The number of aryl methyl sites for hydroxylation is 1. The third-order valence-corrected chi connectivity index (χ3v) is 4.13. The molecule has 6 heteroatoms. The summed E-state index contributed by atoms with van der Waals surface area (Å²) in [5.74, 6) is 1.70. The van der Waals surface area contributed by atoms with Gasteiger partial charge in [-0.25, -0.2) is 0 Å². The maximum Gasteiger partial charge on any atom is 0.242 e. The second-order valence-electron chi connectivity index (χ2n) is 4.77. The van der Waals surface area contributed by atoms with Crippen molar-refractivity contribution in [1.82, 2.24) is 15.5 Å². The number of aromatic amines is 1. The molecule has 1 amide bonds. The molecule has 5 nitrogen and oxygen atoms in total. The van der Waals surface area contributed by atoms with Gasteiger partial charge in [0.25, 0.3) is 0 Å². The number of carbonyl (C=O) groups excluding carboxylic acids is 1. The number of nitrogens with zero attached hydrogens (tertiary/aromatic N) is 1. The fraction of sp³-hybridized carbons (Fsp3) is 0.286. The van der Waals surface area contributed by atoms with E-state index in [9.17, 15) is 4.79 Å². The lowest BCUT2D eigenvalue weighted by Gasteiger charge is -2.10. The third kappa shape index (κ3) is 2.86. The van der Waals surface area contributed by atoms with Crippen molar-refractivity contribution in [2.45, 2.75) is 13.0 Å². The first kappa shape index (κ1) is 13.2. The molecule has 20 heavy (non-hydrogen) atoms. The van der Waals surface area contributed by atoms with E-state index in [-0.39, 0.29) is 11.9 Å². The lowest BCUT2D eigenvalue weighted by molar-refractivity contribution is -0.117. The maximum atomic E-state index is 12.0. The highest BCUT2D eigenvalue weighted by molar-refractivity contribution is 7.99. The van der Waals surface area contributed by atoms with Gasteiger partial charge in [-0.05, 0) is 25.1 Å². The summed E-state index contributed by atoms with van der Waals surface area (Å²) >= 11 is 1.74. The molecular formula is C14H16N4OS. The van der Waals surface area contributed by atoms with Gasteiger partial charge >= 0.3 is 0 Å². The van der Waals surface area contributed by atoms with Crippen LogP contribution in [0.4, 0.5) is 5.69 Å². The number of H-pyrrole nitrogens is 1. The van der Waals surface area contributed by atoms with E-state index in [2.05, 4.69) is 20.8 Å². The molecule has 2 heterocycles. The number of hydrogen-bond acceptors (Lipinski definition) is 4. The first-order valence-electron chi connectivity index (χ1n) is 6.47. The van der Waals surface area contributed by atoms with Gasteiger partial charge in [0.2, 0.25) is 5.91 Å². The van der Waals surface area contributed by atoms with Gasteiger partial charge in [-0.15, -0.1) is 11.8 Å². The molecule has 3 N–H and O–H groups in total. The quantitative estimate of drug-likeness (QED) is 0.808. The molecule has 1 unspecified atom stereocenters. The van der Waals surface area contributed by atoms with Gasteiger partial charge in [0.15, 0.2) is 0 Å². The minimum Gasteiger partial charge on any atom is -0.325 e. The molecule has 0 radical (unpaired) electrons. The highest BCUT2D eigenvalue weighted by atomic mass is 32.2. The van der Waals surface area contributed by atoms with Gasteiger partial charge in [0, 0.05) is 28.6 Å². The predicted molar refractivity (Wildman–Crippen MR) is 81.6 cm³/mol. The molecule has 1 atom stereocenters. The Labute approximate surface area is 121 Å². The van der Waals surface area contributed by atoms with Crippen LogP contribution < -0.4 is 10.6 Å². The number of rotatable bonds is 3. The fourth-order valence-electron chi connectivity index (χ4n) is 2.08. The average Bonchev–Trinajstić information content (AvgIpc) is 3.10. The summed E-state index contributed by atoms with van der Waals surface area (Å²) in [6.07, 6.45) is 0. The van der Waals surface area contributed by atoms with Gasteiger partial charge < -0.3 is 5.32 Å². The van der Waals surface area contributed by atoms with Crippen molar-refractivity contribution in [3.63, 3.8) is 0 Å². The van der Waals surface area contributed by atoms with Gasteiger partial charge in [0.05, 0.1) is 11.7 Å². The lowest BCUT2D eigenvalue weighted by Crippen LogP contribution is -2.37. The standard InChI is InChI=1S/C14H16N4OS/c1-9-6-12(18-17-9)10-2-4-11(5-3-10)16-14(19)13-7-20-8-15-13/h2-6,13,15H,7-8H2,1H3,(H,16,19)(H,17,18). The second-order valence-corrected chi connectivity index (χ2v) is 5.80. The highest BCUT2D eigenvalue weighted by Crippen LogP contribution is 2.20. The van der Waals surface area contributed by atoms with Crippen LogP contribution in [0.5, 0.6) is 0 Å². The monoisotopic (exact) mass is 288 g/mol. The van der Waals surface area contributed by atoms with Crippen molar-refractivity contribution < 1.29 is 4.79 Å². The molecule has 0 bridgehead atoms. The second kappa shape index (κ2) is 5.68. The number of thioether (sulfide) groups is 1. The Hall–Kier alpha value is -1.79. The summed E-state index contributed by atoms with van der Waals surface area (Å²) in [5.41, 5.74) is 3.78. The Bertz CT molecular complexity index is 602. The number of carbonyl (C=O) groups is 1. The van der Waals surface area contributed by atoms with Crippen LogP contribution in [0.1, 0.15) is 5.69 Å². The van der Waals surface area contributed by atoms with Crippen molar-refractivity contribution in [3.05, 3.63) is 36.0 Å². The van der Waals surface area contributed by atoms with E-state index in [1.807, 2.05) is 37.3 Å². The van der Waals surface area contributed by atoms with Crippen molar-refractivity contribution in [3.8, 4) is 11.3 Å². The molecule has 0 saturated carbocycles. The zero-order valence-corrected chi connectivity index (χ0v) is 12.0. The van der Waals surface area contributed by atoms with Crippen LogP contribution >= 0.6 is 11.8 Å². The number of aromatic nitrogens is 2. The van der Waals surface area contributed by atoms with Crippen LogP contribution in [0, 0.1) is 6.92 Å². The Balaban J connectivity index is 1.68. The topological polar surface area (TPSA) is 69.8 Å². The van der Waals surface area contributed by atoms with Gasteiger partial charge in [-0.1, -0.05) is 12.1 Å². The summed E-state index contributed by atoms with van der Waals surface area (Å²) in [6.45, 7) is 1.97. The van der Waals surface area contributed by atoms with E-state index >= 15 is 0 Å². The molecule has 104 valence electrons. The molecule has 1 aromatic carbocycles. The molecule has 1 fully saturated rings. The molecule has 0 spiro atoms. The number of nitrogens with one attached hydrogen (secondary N) is 3. The summed E-state index contributed by atoms with van der Waals surface area (Å²) in [7, 11) is 0. The third-order valence-electron chi connectivity index (χ3n) is 3.19. The average molecular weight is 288 g/mol. The minimum atomic E-state index is -0.0892. The van der Waals surface area contributed by atoms with Crippen LogP contribution in [-0.4, -0.2) is 33.8 Å². The highest BCUT2D eigenvalue weighted by Gasteiger charge is 2.22. The van der Waals surface area contributed by atoms with Crippen molar-refractivity contribution in [2.75, 3.05) is 16.9 Å². The first-order chi connectivity index (χ1) is 9.72. The summed E-state index contributed by atoms with van der Waals surface area (Å²) < 4.78 is 0. The fourth-order valence-corrected chi connectivity index (χ4v) is 3.03. The Morgan fingerprint density at radius 3 is 2.80 bits per heavy atom. The number of anilines is 1. The van der Waals surface area contributed by atoms with Crippen LogP contribution in [0.15, 0.2) is 30.3 Å². The van der Waals surface area contributed by atoms with E-state index in [1.54, 1.807) is 11.8 Å². The molecule has 1 aromatic heterocycles. The zero-order valence-electron chi connectivity index (χ0n) is 11.1. The molecule has 1 aliphatic heterocycles. The summed E-state index contributed by atoms with van der Waals surface area (Å²) in [6, 6.07) is 9.63. The molecule has 1 saturated heterocycles. The molecule has 3 rings (SSSR count). The van der Waals surface area contributed by atoms with Crippen molar-refractivity contribution in [1.29, 1.82) is 0 Å². The normalized spacial score (nSPS) is 18.1. The van der Waals surface area contributed by atoms with E-state index in [4.69, 9.17) is 0 Å². The zero-order chi connectivity index (χ0) is 13.9. The maximum absolute atomic E-state index is 12.0. The lowest BCUT2D eigenvalue weighted by atomic mass is 10.1. The van der Waals surface area contributed by atoms with E-state index < -0.39 is 0 Å². The van der Waals surface area contributed by atoms with Crippen LogP contribution in [0.3, 0.4) is 0 Å². The smallest absolute Gasteiger partial charge is 0.242 e. The minimum absolute atomic E-state index is 0.0263. The van der Waals surface area contributed by atoms with Crippen molar-refractivity contribution in [2.24, 2.45) is 0 Å². The van der Waals surface area contributed by atoms with Crippen molar-refractivity contribution >= 4 is 23.4 Å². The van der Waals surface area contributed by atoms with E-state index in [0.29, 0.717) is 0 Å². The number of benzene rings is 1. The first-order valence-corrected chi connectivity index (χ1v) is 7.62. The van der Waals surface area contributed by atoms with Gasteiger partial charge in [-0.3, -0.25) is 15.2 Å². The number of amides is 1. The SMILES string of the molecule is Cc1cc(-c2ccc(NC(=O)C3CSCN3)cc2)n[nH]1. The summed E-state index contributed by atoms with van der Waals surface area (Å²) in [4.78, 5) is 12.0. The molecule has 1 aliphatic rings. The Kier molecular flexibility index (Phi) is 3.75.